The second-order valence-corrected chi connectivity index (χ2v) is 18.9. The fraction of sp³-hybridized carbons (Fsp3) is 0.750. The van der Waals surface area contributed by atoms with Crippen molar-refractivity contribution in [1.82, 2.24) is 41.3 Å². The first kappa shape index (κ1) is 57.2. The number of primary amides is 1. The van der Waals surface area contributed by atoms with E-state index < -0.39 is 108 Å². The zero-order chi connectivity index (χ0) is 51.7. The Hall–Kier alpha value is -6.11. The lowest BCUT2D eigenvalue weighted by Gasteiger charge is -2.33. The summed E-state index contributed by atoms with van der Waals surface area (Å²) in [6.45, 7) is 8.65. The van der Waals surface area contributed by atoms with Crippen molar-refractivity contribution in [2.75, 3.05) is 32.8 Å². The second-order valence-electron chi connectivity index (χ2n) is 18.9. The highest BCUT2D eigenvalue weighted by molar-refractivity contribution is 5.98. The van der Waals surface area contributed by atoms with Crippen LogP contribution in [-0.2, 0) is 47.9 Å². The molecule has 25 nitrogen and oxygen atoms in total. The maximum atomic E-state index is 14.0. The third-order valence-corrected chi connectivity index (χ3v) is 12.3. The molecule has 9 amide bonds. The molecule has 3 aliphatic rings. The number of rotatable bonds is 26. The maximum absolute atomic E-state index is 14.0. The van der Waals surface area contributed by atoms with Gasteiger partial charge in [-0.25, -0.2) is 4.79 Å². The number of amides is 9. The molecule has 25 heteroatoms. The summed E-state index contributed by atoms with van der Waals surface area (Å²) >= 11 is 0. The molecule has 3 heterocycles. The number of likely N-dealkylation sites (tertiary alicyclic amines) is 3. The summed E-state index contributed by atoms with van der Waals surface area (Å²) < 4.78 is 0. The zero-order valence-corrected chi connectivity index (χ0v) is 40.4. The van der Waals surface area contributed by atoms with Crippen molar-refractivity contribution in [3.63, 3.8) is 0 Å². The third kappa shape index (κ3) is 17.1. The van der Waals surface area contributed by atoms with Gasteiger partial charge in [-0.2, -0.15) is 0 Å². The Morgan fingerprint density at radius 3 is 1.68 bits per heavy atom. The summed E-state index contributed by atoms with van der Waals surface area (Å²) in [5.74, 6) is -7.95. The van der Waals surface area contributed by atoms with Gasteiger partial charge in [0.05, 0.1) is 12.6 Å². The van der Waals surface area contributed by atoms with E-state index in [-0.39, 0.29) is 87.8 Å². The van der Waals surface area contributed by atoms with Gasteiger partial charge in [-0.1, -0.05) is 27.7 Å². The minimum absolute atomic E-state index is 0.00997. The molecule has 0 unspecified atom stereocenters. The number of aliphatic hydroxyl groups is 1. The van der Waals surface area contributed by atoms with Crippen LogP contribution in [-0.4, -0.2) is 177 Å². The first-order valence-electron chi connectivity index (χ1n) is 23.8. The fourth-order valence-corrected chi connectivity index (χ4v) is 8.80. The molecule has 15 N–H and O–H groups in total. The van der Waals surface area contributed by atoms with Crippen LogP contribution in [0, 0.1) is 11.8 Å². The van der Waals surface area contributed by atoms with Crippen molar-refractivity contribution in [2.45, 2.75) is 166 Å². The monoisotopic (exact) mass is 978 g/mol. The largest absolute Gasteiger partial charge is 0.480 e. The molecule has 9 atom stereocenters. The van der Waals surface area contributed by atoms with E-state index in [4.69, 9.17) is 22.9 Å². The van der Waals surface area contributed by atoms with Gasteiger partial charge in [0.2, 0.25) is 53.2 Å². The molecule has 0 bridgehead atoms. The molecule has 3 rings (SSSR count). The van der Waals surface area contributed by atoms with Crippen molar-refractivity contribution < 1.29 is 58.2 Å². The van der Waals surface area contributed by atoms with E-state index >= 15 is 0 Å². The topological polar surface area (TPSA) is 397 Å². The van der Waals surface area contributed by atoms with Crippen LogP contribution in [0.2, 0.25) is 0 Å². The molecule has 0 aromatic heterocycles. The molecule has 0 aromatic rings. The average molecular weight is 978 g/mol. The first-order chi connectivity index (χ1) is 32.5. The Kier molecular flexibility index (Phi) is 22.5. The number of carboxylic acids is 1. The Bertz CT molecular complexity index is 1900. The zero-order valence-electron chi connectivity index (χ0n) is 40.4. The number of carbonyl (C=O) groups is 10. The van der Waals surface area contributed by atoms with E-state index in [1.54, 1.807) is 13.8 Å². The Morgan fingerprint density at radius 1 is 0.609 bits per heavy atom. The van der Waals surface area contributed by atoms with E-state index in [1.807, 2.05) is 13.8 Å². The summed E-state index contributed by atoms with van der Waals surface area (Å²) in [4.78, 5) is 141. The van der Waals surface area contributed by atoms with Crippen LogP contribution >= 0.6 is 0 Å². The molecule has 0 radical (unpaired) electrons. The van der Waals surface area contributed by atoms with Crippen LogP contribution in [0.15, 0.2) is 4.99 Å². The minimum Gasteiger partial charge on any atom is -0.480 e. The molecule has 3 fully saturated rings. The van der Waals surface area contributed by atoms with Crippen molar-refractivity contribution in [3.05, 3.63) is 0 Å². The van der Waals surface area contributed by atoms with Crippen LogP contribution in [0.3, 0.4) is 0 Å². The van der Waals surface area contributed by atoms with Crippen LogP contribution in [0.4, 0.5) is 0 Å². The number of guanidine groups is 1. The van der Waals surface area contributed by atoms with Gasteiger partial charge in [0.25, 0.3) is 0 Å². The van der Waals surface area contributed by atoms with Gasteiger partial charge >= 0.3 is 5.97 Å². The highest BCUT2D eigenvalue weighted by atomic mass is 16.4. The molecule has 3 aliphatic heterocycles. The smallest absolute Gasteiger partial charge is 0.326 e. The van der Waals surface area contributed by atoms with Crippen molar-refractivity contribution >= 4 is 65.1 Å². The van der Waals surface area contributed by atoms with E-state index in [0.29, 0.717) is 45.1 Å². The molecule has 3 saturated heterocycles. The molecule has 69 heavy (non-hydrogen) atoms. The predicted molar refractivity (Wildman–Crippen MR) is 249 cm³/mol. The van der Waals surface area contributed by atoms with Crippen LogP contribution in [0.1, 0.15) is 112 Å². The SMILES string of the molecule is CC(C)C[C@H](NC(=O)[C@H](C)NC(=O)[C@H](CCCN=C(N)N)NC(=O)[C@@H]1CCCN1C(=O)[C@@H]1CCCN1C(=O)[C@@H](N)CC(C)C)C(=O)N[C@@H](CCC(N)=O)C(=O)N[C@@H](CO)C(=O)N1CCC[C@H]1C(=O)O. The van der Waals surface area contributed by atoms with E-state index in [0.717, 1.165) is 4.90 Å². The molecule has 388 valence electrons. The van der Waals surface area contributed by atoms with E-state index in [2.05, 4.69) is 31.6 Å². The summed E-state index contributed by atoms with van der Waals surface area (Å²) in [7, 11) is 0. The Labute approximate surface area is 402 Å². The standard InChI is InChI=1S/C44H75N13O12/c1-23(2)20-26(45)40(65)56-18-8-12-32(56)42(67)55-17-7-11-31(55)39(64)52-27(10-6-16-49-44(47)48)36(61)50-25(5)35(60)53-29(21-24(3)4)38(63)51-28(14-15-34(46)59)37(62)54-30(22-58)41(66)57-19-9-13-33(57)43(68)69/h23-33,58H,6-22,45H2,1-5H3,(H2,46,59)(H,50,61)(H,51,63)(H,52,64)(H,53,60)(H,54,62)(H,68,69)(H4,47,48,49)/t25-,26-,27-,28-,29-,30-,31-,32-,33-/m0/s1. The lowest BCUT2D eigenvalue weighted by atomic mass is 10.0. The minimum atomic E-state index is -1.58. The average Bonchev–Trinajstić information content (AvgIpc) is 4.08. The molecular formula is C44H75N13O12. The number of hydrogen-bond donors (Lipinski definition) is 11. The highest BCUT2D eigenvalue weighted by Gasteiger charge is 2.44. The van der Waals surface area contributed by atoms with Gasteiger partial charge in [0, 0.05) is 32.6 Å². The van der Waals surface area contributed by atoms with Gasteiger partial charge in [0.1, 0.15) is 48.3 Å². The number of carbonyl (C=O) groups excluding carboxylic acids is 9. The van der Waals surface area contributed by atoms with Crippen molar-refractivity contribution in [1.29, 1.82) is 0 Å². The van der Waals surface area contributed by atoms with Crippen molar-refractivity contribution in [2.24, 2.45) is 39.8 Å². The lowest BCUT2D eigenvalue weighted by molar-refractivity contribution is -0.150. The molecule has 0 aliphatic carbocycles. The fourth-order valence-electron chi connectivity index (χ4n) is 8.80. The normalized spacial score (nSPS) is 20.5. The Balaban J connectivity index is 1.75. The van der Waals surface area contributed by atoms with Gasteiger partial charge in [-0.3, -0.25) is 48.1 Å². The number of carboxylic acid groups (broad SMARTS) is 1. The van der Waals surface area contributed by atoms with Gasteiger partial charge < -0.3 is 74.4 Å². The Morgan fingerprint density at radius 2 is 1.12 bits per heavy atom. The number of nitrogens with one attached hydrogen (secondary N) is 5. The molecule has 0 aromatic carbocycles. The third-order valence-electron chi connectivity index (χ3n) is 12.3. The second kappa shape index (κ2) is 27.2. The number of aliphatic imine (C=N–C) groups is 1. The highest BCUT2D eigenvalue weighted by Crippen LogP contribution is 2.26. The number of nitrogens with zero attached hydrogens (tertiary/aromatic N) is 4. The first-order valence-corrected chi connectivity index (χ1v) is 23.8. The summed E-state index contributed by atoms with van der Waals surface area (Å²) in [5.41, 5.74) is 22.5. The number of aliphatic carboxylic acids is 1. The van der Waals surface area contributed by atoms with Gasteiger partial charge in [-0.05, 0) is 89.4 Å². The van der Waals surface area contributed by atoms with Gasteiger partial charge in [-0.15, -0.1) is 0 Å². The quantitative estimate of drug-likeness (QED) is 0.0225. The van der Waals surface area contributed by atoms with Crippen LogP contribution < -0.4 is 49.5 Å². The number of aliphatic hydroxyl groups excluding tert-OH is 1. The molecule has 0 saturated carbocycles. The number of nitrogens with two attached hydrogens (primary N) is 4. The molecular weight excluding hydrogens is 903 g/mol. The van der Waals surface area contributed by atoms with E-state index in [9.17, 15) is 58.2 Å². The summed E-state index contributed by atoms with van der Waals surface area (Å²) in [5, 5.41) is 32.3. The van der Waals surface area contributed by atoms with E-state index in [1.165, 1.54) is 16.7 Å². The van der Waals surface area contributed by atoms with Crippen molar-refractivity contribution in [3.8, 4) is 0 Å². The molecule has 0 spiro atoms. The van der Waals surface area contributed by atoms with Gasteiger partial charge in [0.15, 0.2) is 5.96 Å². The number of hydrogen-bond acceptors (Lipinski definition) is 13. The van der Waals surface area contributed by atoms with Crippen LogP contribution in [0.5, 0.6) is 0 Å². The predicted octanol–water partition coefficient (Wildman–Crippen LogP) is -3.78. The maximum Gasteiger partial charge on any atom is 0.326 e. The van der Waals surface area contributed by atoms with Crippen LogP contribution in [0.25, 0.3) is 0 Å². The summed E-state index contributed by atoms with van der Waals surface area (Å²) in [6, 6.07) is -10.6. The summed E-state index contributed by atoms with van der Waals surface area (Å²) in [6.07, 6.45) is 2.33. The lowest BCUT2D eigenvalue weighted by Crippen LogP contribution is -2.60.